The summed E-state index contributed by atoms with van der Waals surface area (Å²) in [6, 6.07) is 65.2. The van der Waals surface area contributed by atoms with Crippen LogP contribution in [0.4, 0.5) is 0 Å². The van der Waals surface area contributed by atoms with E-state index in [1.165, 1.54) is 62.4 Å². The van der Waals surface area contributed by atoms with E-state index in [2.05, 4.69) is 182 Å². The minimum atomic E-state index is 0.939. The SMILES string of the molecule is c1ccc(-c2cc(-c3ccc(-c4cccc5c4sc4ccccc45)cc3)nc(-c3ccc(-c4nc5ccccc5c5sc6ccccc6c45)cc3)c2)cc1. The monoisotopic (exact) mass is 722 g/mol. The van der Waals surface area contributed by atoms with Crippen molar-refractivity contribution in [1.82, 2.24) is 9.97 Å². The number of benzene rings is 7. The molecule has 4 heterocycles. The second-order valence-corrected chi connectivity index (χ2v) is 15.8. The molecule has 7 aromatic carbocycles. The summed E-state index contributed by atoms with van der Waals surface area (Å²) in [6.45, 7) is 0. The number of fused-ring (bicyclic) bond motifs is 8. The number of para-hydroxylation sites is 1. The summed E-state index contributed by atoms with van der Waals surface area (Å²) in [6.07, 6.45) is 0. The van der Waals surface area contributed by atoms with Crippen LogP contribution < -0.4 is 0 Å². The second kappa shape index (κ2) is 12.6. The first-order valence-corrected chi connectivity index (χ1v) is 19.8. The third kappa shape index (κ3) is 5.14. The molecule has 0 atom stereocenters. The van der Waals surface area contributed by atoms with Gasteiger partial charge in [-0.05, 0) is 52.6 Å². The maximum Gasteiger partial charge on any atom is 0.0802 e. The molecule has 4 heteroatoms. The molecule has 4 aromatic heterocycles. The number of nitrogens with zero attached hydrogens (tertiary/aromatic N) is 2. The first kappa shape index (κ1) is 31.1. The number of aromatic nitrogens is 2. The summed E-state index contributed by atoms with van der Waals surface area (Å²) in [5.41, 5.74) is 12.0. The molecule has 0 spiro atoms. The first-order chi connectivity index (χ1) is 26.7. The number of pyridine rings is 2. The number of thiophene rings is 2. The normalized spacial score (nSPS) is 11.7. The van der Waals surface area contributed by atoms with E-state index in [-0.39, 0.29) is 0 Å². The molecule has 0 aliphatic carbocycles. The predicted molar refractivity (Wildman–Crippen MR) is 232 cm³/mol. The lowest BCUT2D eigenvalue weighted by molar-refractivity contribution is 1.32. The fourth-order valence-corrected chi connectivity index (χ4v) is 10.3. The van der Waals surface area contributed by atoms with Gasteiger partial charge >= 0.3 is 0 Å². The van der Waals surface area contributed by atoms with Crippen molar-refractivity contribution in [1.29, 1.82) is 0 Å². The molecular formula is C50H30N2S2. The highest BCUT2D eigenvalue weighted by Crippen LogP contribution is 2.44. The van der Waals surface area contributed by atoms with Crippen LogP contribution in [0.15, 0.2) is 182 Å². The Labute approximate surface area is 320 Å². The number of hydrogen-bond donors (Lipinski definition) is 0. The Balaban J connectivity index is 1.01. The summed E-state index contributed by atoms with van der Waals surface area (Å²) in [7, 11) is 0. The topological polar surface area (TPSA) is 25.8 Å². The van der Waals surface area contributed by atoms with Gasteiger partial charge in [0.15, 0.2) is 0 Å². The van der Waals surface area contributed by atoms with Gasteiger partial charge in [-0.25, -0.2) is 9.97 Å². The van der Waals surface area contributed by atoms with Gasteiger partial charge in [-0.2, -0.15) is 0 Å². The lowest BCUT2D eigenvalue weighted by Crippen LogP contribution is -1.92. The fraction of sp³-hybridized carbons (Fsp3) is 0. The highest BCUT2D eigenvalue weighted by atomic mass is 32.1. The molecule has 0 radical (unpaired) electrons. The van der Waals surface area contributed by atoms with E-state index in [1.54, 1.807) is 0 Å². The summed E-state index contributed by atoms with van der Waals surface area (Å²) < 4.78 is 5.21. The van der Waals surface area contributed by atoms with Crippen molar-refractivity contribution in [2.75, 3.05) is 0 Å². The molecule has 0 saturated carbocycles. The van der Waals surface area contributed by atoms with Crippen LogP contribution in [0.3, 0.4) is 0 Å². The Hall–Kier alpha value is -6.46. The quantitative estimate of drug-likeness (QED) is 0.177. The number of hydrogen-bond acceptors (Lipinski definition) is 4. The molecule has 0 saturated heterocycles. The minimum Gasteiger partial charge on any atom is -0.248 e. The molecule has 0 N–H and O–H groups in total. The van der Waals surface area contributed by atoms with Gasteiger partial charge in [0.25, 0.3) is 0 Å². The zero-order valence-corrected chi connectivity index (χ0v) is 30.7. The Kier molecular flexibility index (Phi) is 7.25. The molecule has 0 unspecified atom stereocenters. The molecular weight excluding hydrogens is 693 g/mol. The van der Waals surface area contributed by atoms with E-state index in [1.807, 2.05) is 22.7 Å². The Morgan fingerprint density at radius 2 is 0.889 bits per heavy atom. The zero-order chi connectivity index (χ0) is 35.6. The lowest BCUT2D eigenvalue weighted by Gasteiger charge is -2.12. The standard InChI is InChI=1S/C50H30N2S2/c1-2-11-31(12-3-1)36-29-43(33-23-21-32(22-24-33)37-16-10-17-39-38-13-5-8-19-45(38)53-49(37)39)51-44(30-36)34-25-27-35(28-26-34)48-47-41-15-6-9-20-46(41)54-50(47)40-14-4-7-18-42(40)52-48/h1-30H. The molecule has 0 fully saturated rings. The van der Waals surface area contributed by atoms with Gasteiger partial charge in [-0.15, -0.1) is 22.7 Å². The third-order valence-corrected chi connectivity index (χ3v) is 12.9. The van der Waals surface area contributed by atoms with Gasteiger partial charge in [0, 0.05) is 62.4 Å². The van der Waals surface area contributed by atoms with Gasteiger partial charge < -0.3 is 0 Å². The van der Waals surface area contributed by atoms with Crippen LogP contribution in [0.1, 0.15) is 0 Å². The second-order valence-electron chi connectivity index (χ2n) is 13.7. The summed E-state index contributed by atoms with van der Waals surface area (Å²) in [5, 5.41) is 6.31. The highest BCUT2D eigenvalue weighted by Gasteiger charge is 2.17. The Bertz CT molecular complexity index is 3190. The lowest BCUT2D eigenvalue weighted by atomic mass is 9.97. The van der Waals surface area contributed by atoms with Gasteiger partial charge in [0.05, 0.1) is 22.6 Å². The van der Waals surface area contributed by atoms with Crippen LogP contribution >= 0.6 is 22.7 Å². The molecule has 11 rings (SSSR count). The van der Waals surface area contributed by atoms with Crippen LogP contribution in [0.2, 0.25) is 0 Å². The van der Waals surface area contributed by atoms with Gasteiger partial charge in [0.2, 0.25) is 0 Å². The molecule has 54 heavy (non-hydrogen) atoms. The average Bonchev–Trinajstić information content (AvgIpc) is 3.83. The molecule has 0 amide bonds. The minimum absolute atomic E-state index is 0.939. The van der Waals surface area contributed by atoms with Crippen molar-refractivity contribution in [3.8, 4) is 56.0 Å². The van der Waals surface area contributed by atoms with Gasteiger partial charge in [-0.1, -0.05) is 152 Å². The molecule has 11 aromatic rings. The van der Waals surface area contributed by atoms with E-state index < -0.39 is 0 Å². The van der Waals surface area contributed by atoms with E-state index in [9.17, 15) is 0 Å². The maximum atomic E-state index is 5.29. The first-order valence-electron chi connectivity index (χ1n) is 18.1. The van der Waals surface area contributed by atoms with E-state index in [4.69, 9.17) is 9.97 Å². The predicted octanol–water partition coefficient (Wildman–Crippen LogP) is 14.7. The van der Waals surface area contributed by atoms with Crippen molar-refractivity contribution >= 4 is 73.9 Å². The third-order valence-electron chi connectivity index (χ3n) is 10.5. The van der Waals surface area contributed by atoms with Crippen LogP contribution in [0, 0.1) is 0 Å². The van der Waals surface area contributed by atoms with Crippen LogP contribution in [-0.4, -0.2) is 9.97 Å². The van der Waals surface area contributed by atoms with Crippen molar-refractivity contribution in [3.05, 3.63) is 182 Å². The average molecular weight is 723 g/mol. The Morgan fingerprint density at radius 3 is 1.63 bits per heavy atom. The van der Waals surface area contributed by atoms with E-state index in [0.29, 0.717) is 0 Å². The summed E-state index contributed by atoms with van der Waals surface area (Å²) in [5.74, 6) is 0. The van der Waals surface area contributed by atoms with E-state index >= 15 is 0 Å². The molecule has 0 bridgehead atoms. The molecule has 252 valence electrons. The zero-order valence-electron chi connectivity index (χ0n) is 29.0. The summed E-state index contributed by atoms with van der Waals surface area (Å²) >= 11 is 3.72. The smallest absolute Gasteiger partial charge is 0.0802 e. The van der Waals surface area contributed by atoms with Crippen molar-refractivity contribution in [2.45, 2.75) is 0 Å². The van der Waals surface area contributed by atoms with Crippen LogP contribution in [-0.2, 0) is 0 Å². The molecule has 2 nitrogen and oxygen atoms in total. The van der Waals surface area contributed by atoms with Gasteiger partial charge in [0.1, 0.15) is 0 Å². The molecule has 0 aliphatic heterocycles. The maximum absolute atomic E-state index is 5.29. The van der Waals surface area contributed by atoms with Crippen LogP contribution in [0.5, 0.6) is 0 Å². The molecule has 0 aliphatic rings. The summed E-state index contributed by atoms with van der Waals surface area (Å²) in [4.78, 5) is 10.5. The largest absolute Gasteiger partial charge is 0.248 e. The highest BCUT2D eigenvalue weighted by molar-refractivity contribution is 7.27. The van der Waals surface area contributed by atoms with Crippen molar-refractivity contribution in [2.24, 2.45) is 0 Å². The number of rotatable bonds is 5. The van der Waals surface area contributed by atoms with Crippen molar-refractivity contribution in [3.63, 3.8) is 0 Å². The van der Waals surface area contributed by atoms with E-state index in [0.717, 1.165) is 44.9 Å². The fourth-order valence-electron chi connectivity index (χ4n) is 7.84. The van der Waals surface area contributed by atoms with Gasteiger partial charge in [-0.3, -0.25) is 0 Å². The Morgan fingerprint density at radius 1 is 0.333 bits per heavy atom. The van der Waals surface area contributed by atoms with Crippen LogP contribution in [0.25, 0.3) is 107 Å². The van der Waals surface area contributed by atoms with Crippen molar-refractivity contribution < 1.29 is 0 Å².